The topological polar surface area (TPSA) is 83.6 Å². The second-order valence-corrected chi connectivity index (χ2v) is 11.8. The normalized spacial score (nSPS) is 18.3. The van der Waals surface area contributed by atoms with Gasteiger partial charge in [0.05, 0.1) is 17.6 Å². The number of hydrogen-bond donors (Lipinski definition) is 1. The number of halogens is 1. The van der Waals surface area contributed by atoms with Crippen molar-refractivity contribution in [2.24, 2.45) is 0 Å². The van der Waals surface area contributed by atoms with Crippen molar-refractivity contribution in [2.75, 3.05) is 32.7 Å². The number of fused-ring (bicyclic) bond motifs is 1. The van der Waals surface area contributed by atoms with E-state index in [2.05, 4.69) is 44.1 Å². The fraction of sp³-hybridized carbons (Fsp3) is 0.552. The lowest BCUT2D eigenvalue weighted by Crippen LogP contribution is -2.45. The second-order valence-electron chi connectivity index (χ2n) is 11.4. The molecule has 9 heteroatoms. The van der Waals surface area contributed by atoms with Crippen LogP contribution in [0.1, 0.15) is 52.0 Å². The molecule has 0 spiro atoms. The number of H-pyrrole nitrogens is 1. The Morgan fingerprint density at radius 2 is 1.68 bits per heavy atom. The number of likely N-dealkylation sites (tertiary alicyclic amines) is 2. The van der Waals surface area contributed by atoms with E-state index in [-0.39, 0.29) is 12.2 Å². The average molecular weight is 540 g/mol. The lowest BCUT2D eigenvalue weighted by molar-refractivity contribution is -0.0661. The highest BCUT2D eigenvalue weighted by molar-refractivity contribution is 6.34. The van der Waals surface area contributed by atoms with Crippen molar-refractivity contribution in [1.29, 1.82) is 0 Å². The number of nitrogens with one attached hydrogen (secondary N) is 1. The van der Waals surface area contributed by atoms with Gasteiger partial charge >= 0.3 is 6.09 Å². The van der Waals surface area contributed by atoms with Crippen LogP contribution >= 0.6 is 11.6 Å². The number of hydrogen-bond acceptors (Lipinski definition) is 6. The third-order valence-corrected chi connectivity index (χ3v) is 7.67. The van der Waals surface area contributed by atoms with Crippen LogP contribution in [-0.4, -0.2) is 81.4 Å². The zero-order chi connectivity index (χ0) is 26.7. The molecule has 3 aromatic rings. The number of aromatic nitrogens is 3. The summed E-state index contributed by atoms with van der Waals surface area (Å²) in [7, 11) is 0. The lowest BCUT2D eigenvalue weighted by Gasteiger charge is -2.37. The van der Waals surface area contributed by atoms with E-state index in [1.165, 1.54) is 11.9 Å². The van der Waals surface area contributed by atoms with Gasteiger partial charge in [-0.2, -0.15) is 0 Å². The average Bonchev–Trinajstić information content (AvgIpc) is 3.34. The Hall–Kier alpha value is -2.68. The van der Waals surface area contributed by atoms with E-state index in [9.17, 15) is 4.79 Å². The van der Waals surface area contributed by atoms with Crippen molar-refractivity contribution in [3.63, 3.8) is 0 Å². The molecule has 0 atom stereocenters. The molecule has 0 radical (unpaired) electrons. The summed E-state index contributed by atoms with van der Waals surface area (Å²) in [6.45, 7) is 10.3. The molecule has 8 nitrogen and oxygen atoms in total. The van der Waals surface area contributed by atoms with Crippen molar-refractivity contribution in [3.8, 4) is 11.3 Å². The van der Waals surface area contributed by atoms with Crippen molar-refractivity contribution < 1.29 is 14.3 Å². The molecular formula is C29H38ClN5O3. The summed E-state index contributed by atoms with van der Waals surface area (Å²) in [4.78, 5) is 28.3. The van der Waals surface area contributed by atoms with Gasteiger partial charge in [-0.3, -0.25) is 0 Å². The molecule has 0 aliphatic carbocycles. The van der Waals surface area contributed by atoms with E-state index in [0.29, 0.717) is 24.3 Å². The van der Waals surface area contributed by atoms with Crippen LogP contribution in [0.3, 0.4) is 0 Å². The lowest BCUT2D eigenvalue weighted by atomic mass is 10.0. The number of piperidine rings is 2. The van der Waals surface area contributed by atoms with Gasteiger partial charge in [0.1, 0.15) is 22.7 Å². The largest absolute Gasteiger partial charge is 0.444 e. The minimum Gasteiger partial charge on any atom is -0.444 e. The van der Waals surface area contributed by atoms with Gasteiger partial charge in [0, 0.05) is 38.4 Å². The first-order valence-electron chi connectivity index (χ1n) is 13.7. The number of benzene rings is 1. The molecule has 38 heavy (non-hydrogen) atoms. The number of rotatable bonds is 6. The first-order valence-corrected chi connectivity index (χ1v) is 14.1. The first-order chi connectivity index (χ1) is 18.2. The molecular weight excluding hydrogens is 502 g/mol. The molecule has 1 N–H and O–H groups in total. The van der Waals surface area contributed by atoms with Crippen LogP contribution in [0, 0.1) is 0 Å². The molecule has 0 saturated carbocycles. The van der Waals surface area contributed by atoms with Crippen LogP contribution in [0.25, 0.3) is 22.3 Å². The molecule has 0 unspecified atom stereocenters. The van der Waals surface area contributed by atoms with E-state index < -0.39 is 5.60 Å². The fourth-order valence-electron chi connectivity index (χ4n) is 5.25. The quantitative estimate of drug-likeness (QED) is 0.404. The molecule has 2 fully saturated rings. The maximum absolute atomic E-state index is 12.3. The van der Waals surface area contributed by atoms with Gasteiger partial charge in [-0.05, 0) is 70.1 Å². The van der Waals surface area contributed by atoms with E-state index >= 15 is 0 Å². The molecule has 2 saturated heterocycles. The first kappa shape index (κ1) is 26.9. The smallest absolute Gasteiger partial charge is 0.410 e. The molecule has 2 aromatic heterocycles. The Morgan fingerprint density at radius 3 is 2.32 bits per heavy atom. The summed E-state index contributed by atoms with van der Waals surface area (Å²) in [5.74, 6) is 0. The van der Waals surface area contributed by atoms with Gasteiger partial charge in [0.2, 0.25) is 0 Å². The van der Waals surface area contributed by atoms with Crippen molar-refractivity contribution in [1.82, 2.24) is 24.8 Å². The van der Waals surface area contributed by atoms with Gasteiger partial charge in [-0.25, -0.2) is 14.8 Å². The standard InChI is InChI=1S/C29H38ClN5O3/c1-29(2,3)38-28(36)35-16-11-23(12-17-35)37-22-9-14-34(15-10-22)13-8-20-4-6-21(7-5-20)25-18-24-26(30)31-19-32-27(24)33-25/h4-7,18-19,22-23H,8-17H2,1-3H3,(H,31,32,33). The van der Waals surface area contributed by atoms with E-state index in [1.54, 1.807) is 0 Å². The zero-order valence-electron chi connectivity index (χ0n) is 22.6. The highest BCUT2D eigenvalue weighted by Gasteiger charge is 2.29. The number of carbonyl (C=O) groups excluding carboxylic acids is 1. The van der Waals surface area contributed by atoms with Crippen LogP contribution in [0.2, 0.25) is 5.15 Å². The third-order valence-electron chi connectivity index (χ3n) is 7.37. The number of amides is 1. The van der Waals surface area contributed by atoms with E-state index in [0.717, 1.165) is 74.0 Å². The Bertz CT molecular complexity index is 1220. The maximum Gasteiger partial charge on any atom is 0.410 e. The zero-order valence-corrected chi connectivity index (χ0v) is 23.3. The molecule has 204 valence electrons. The fourth-order valence-corrected chi connectivity index (χ4v) is 5.43. The van der Waals surface area contributed by atoms with Crippen molar-refractivity contribution >= 4 is 28.7 Å². The van der Waals surface area contributed by atoms with Gasteiger partial charge < -0.3 is 24.3 Å². The van der Waals surface area contributed by atoms with Gasteiger partial charge in [-0.15, -0.1) is 0 Å². The Labute approximate surface area is 229 Å². The van der Waals surface area contributed by atoms with Gasteiger partial charge in [0.25, 0.3) is 0 Å². The monoisotopic (exact) mass is 539 g/mol. The van der Waals surface area contributed by atoms with Crippen LogP contribution in [0.5, 0.6) is 0 Å². The summed E-state index contributed by atoms with van der Waals surface area (Å²) in [6.07, 6.45) is 6.75. The number of nitrogens with zero attached hydrogens (tertiary/aromatic N) is 4. The highest BCUT2D eigenvalue weighted by Crippen LogP contribution is 2.27. The van der Waals surface area contributed by atoms with E-state index in [4.69, 9.17) is 21.1 Å². The minimum absolute atomic E-state index is 0.212. The highest BCUT2D eigenvalue weighted by atomic mass is 35.5. The van der Waals surface area contributed by atoms with Crippen molar-refractivity contribution in [2.45, 2.75) is 70.7 Å². The molecule has 2 aliphatic rings. The Kier molecular flexibility index (Phi) is 8.21. The predicted octanol–water partition coefficient (Wildman–Crippen LogP) is 5.70. The third kappa shape index (κ3) is 6.84. The van der Waals surface area contributed by atoms with Crippen LogP contribution in [-0.2, 0) is 15.9 Å². The summed E-state index contributed by atoms with van der Waals surface area (Å²) in [5, 5.41) is 1.30. The second kappa shape index (κ2) is 11.6. The van der Waals surface area contributed by atoms with Crippen molar-refractivity contribution in [3.05, 3.63) is 47.4 Å². The number of carbonyl (C=O) groups is 1. The van der Waals surface area contributed by atoms with Gasteiger partial charge in [0.15, 0.2) is 0 Å². The summed E-state index contributed by atoms with van der Waals surface area (Å²) in [6, 6.07) is 10.7. The summed E-state index contributed by atoms with van der Waals surface area (Å²) < 4.78 is 11.9. The summed E-state index contributed by atoms with van der Waals surface area (Å²) in [5.41, 5.74) is 3.73. The molecule has 5 rings (SSSR count). The summed E-state index contributed by atoms with van der Waals surface area (Å²) >= 11 is 6.19. The SMILES string of the molecule is CC(C)(C)OC(=O)N1CCC(OC2CCN(CCc3ccc(-c4cc5c(Cl)ncnc5[nH]4)cc3)CC2)CC1. The molecule has 0 bridgehead atoms. The Balaban J connectivity index is 1.02. The molecule has 1 amide bonds. The van der Waals surface area contributed by atoms with Gasteiger partial charge in [-0.1, -0.05) is 35.9 Å². The molecule has 2 aliphatic heterocycles. The van der Waals surface area contributed by atoms with Crippen LogP contribution < -0.4 is 0 Å². The number of aromatic amines is 1. The van der Waals surface area contributed by atoms with Crippen LogP contribution in [0.15, 0.2) is 36.7 Å². The number of ether oxygens (including phenoxy) is 2. The minimum atomic E-state index is -0.453. The Morgan fingerprint density at radius 1 is 1.03 bits per heavy atom. The molecule has 1 aromatic carbocycles. The predicted molar refractivity (Wildman–Crippen MR) is 149 cm³/mol. The van der Waals surface area contributed by atoms with E-state index in [1.807, 2.05) is 31.7 Å². The molecule has 4 heterocycles. The maximum atomic E-state index is 12.3. The van der Waals surface area contributed by atoms with Crippen LogP contribution in [0.4, 0.5) is 4.79 Å².